The predicted octanol–water partition coefficient (Wildman–Crippen LogP) is 4.13. The second kappa shape index (κ2) is 6.82. The topological polar surface area (TPSA) is 52.9 Å². The molecule has 104 valence electrons. The summed E-state index contributed by atoms with van der Waals surface area (Å²) in [6.45, 7) is 0. The van der Waals surface area contributed by atoms with Crippen LogP contribution in [0.3, 0.4) is 0 Å². The number of hydrogen-bond donors (Lipinski definition) is 1. The van der Waals surface area contributed by atoms with Crippen LogP contribution in [0.1, 0.15) is 5.56 Å². The summed E-state index contributed by atoms with van der Waals surface area (Å²) in [4.78, 5) is 12.0. The van der Waals surface area contributed by atoms with Crippen LogP contribution in [0.5, 0.6) is 0 Å². The number of carbonyl (C=O) groups excluding carboxylic acids is 1. The lowest BCUT2D eigenvalue weighted by Crippen LogP contribution is -2.13. The van der Waals surface area contributed by atoms with Crippen LogP contribution in [0.2, 0.25) is 0 Å². The third-order valence-electron chi connectivity index (χ3n) is 2.65. The molecule has 0 heterocycles. The van der Waals surface area contributed by atoms with E-state index >= 15 is 0 Å². The summed E-state index contributed by atoms with van der Waals surface area (Å²) in [5.41, 5.74) is 1.14. The van der Waals surface area contributed by atoms with Crippen molar-refractivity contribution in [1.82, 2.24) is 0 Å². The number of nitrogens with zero attached hydrogens (tertiary/aromatic N) is 1. The zero-order valence-corrected chi connectivity index (χ0v) is 12.4. The number of anilines is 1. The number of amides is 1. The highest BCUT2D eigenvalue weighted by Crippen LogP contribution is 2.14. The lowest BCUT2D eigenvalue weighted by molar-refractivity contribution is -0.112. The minimum absolute atomic E-state index is 0.0263. The first-order valence-corrected chi connectivity index (χ1v) is 6.82. The van der Waals surface area contributed by atoms with E-state index in [1.807, 2.05) is 18.2 Å². The molecule has 1 N–H and O–H groups in total. The van der Waals surface area contributed by atoms with Gasteiger partial charge in [-0.3, -0.25) is 4.79 Å². The molecule has 0 aliphatic rings. The Bertz CT molecular complexity index is 715. The Kier molecular flexibility index (Phi) is 4.85. The minimum Gasteiger partial charge on any atom is -0.321 e. The van der Waals surface area contributed by atoms with Crippen LogP contribution in [0, 0.1) is 17.1 Å². The second-order valence-electron chi connectivity index (χ2n) is 4.18. The van der Waals surface area contributed by atoms with E-state index in [0.29, 0.717) is 5.69 Å². The molecule has 0 aliphatic carbocycles. The molecule has 0 aliphatic heterocycles. The molecule has 0 radical (unpaired) electrons. The van der Waals surface area contributed by atoms with Gasteiger partial charge in [0.05, 0.1) is 0 Å². The van der Waals surface area contributed by atoms with Crippen LogP contribution in [0.15, 0.2) is 58.6 Å². The summed E-state index contributed by atoms with van der Waals surface area (Å²) in [6, 6.07) is 14.4. The van der Waals surface area contributed by atoms with E-state index in [0.717, 1.165) is 10.0 Å². The minimum atomic E-state index is -0.535. The van der Waals surface area contributed by atoms with Gasteiger partial charge in [0, 0.05) is 10.2 Å². The highest BCUT2D eigenvalue weighted by molar-refractivity contribution is 9.10. The molecule has 0 fully saturated rings. The fraction of sp³-hybridized carbons (Fsp3) is 0. The van der Waals surface area contributed by atoms with Gasteiger partial charge >= 0.3 is 0 Å². The Balaban J connectivity index is 2.17. The first kappa shape index (κ1) is 14.9. The highest BCUT2D eigenvalue weighted by Gasteiger charge is 2.09. The number of halogens is 2. The Hall–Kier alpha value is -2.45. The molecular weight excluding hydrogens is 335 g/mol. The van der Waals surface area contributed by atoms with Gasteiger partial charge in [0.2, 0.25) is 0 Å². The first-order chi connectivity index (χ1) is 10.1. The molecule has 3 nitrogen and oxygen atoms in total. The van der Waals surface area contributed by atoms with Crippen LogP contribution < -0.4 is 5.32 Å². The van der Waals surface area contributed by atoms with Gasteiger partial charge in [0.15, 0.2) is 0 Å². The predicted molar refractivity (Wildman–Crippen MR) is 82.8 cm³/mol. The van der Waals surface area contributed by atoms with E-state index in [4.69, 9.17) is 5.26 Å². The van der Waals surface area contributed by atoms with Crippen molar-refractivity contribution in [3.8, 4) is 6.07 Å². The van der Waals surface area contributed by atoms with E-state index in [-0.39, 0.29) is 11.4 Å². The molecule has 0 bridgehead atoms. The van der Waals surface area contributed by atoms with E-state index in [2.05, 4.69) is 21.2 Å². The molecule has 0 unspecified atom stereocenters. The number of nitriles is 1. The van der Waals surface area contributed by atoms with Crippen LogP contribution in [0.25, 0.3) is 6.08 Å². The number of hydrogen-bond acceptors (Lipinski definition) is 2. The van der Waals surface area contributed by atoms with Crippen LogP contribution >= 0.6 is 15.9 Å². The molecular formula is C16H10BrFN2O. The Morgan fingerprint density at radius 1 is 1.14 bits per heavy atom. The average molecular weight is 345 g/mol. The van der Waals surface area contributed by atoms with Crippen LogP contribution in [0.4, 0.5) is 10.1 Å². The summed E-state index contributed by atoms with van der Waals surface area (Å²) in [5.74, 6) is -0.925. The van der Waals surface area contributed by atoms with Crippen molar-refractivity contribution < 1.29 is 9.18 Å². The first-order valence-electron chi connectivity index (χ1n) is 6.03. The molecule has 2 aromatic carbocycles. The normalized spacial score (nSPS) is 10.8. The monoisotopic (exact) mass is 344 g/mol. The summed E-state index contributed by atoms with van der Waals surface area (Å²) in [6.07, 6.45) is 1.49. The van der Waals surface area contributed by atoms with Crippen molar-refractivity contribution in [2.75, 3.05) is 5.32 Å². The van der Waals surface area contributed by atoms with Gasteiger partial charge in [0.1, 0.15) is 17.5 Å². The van der Waals surface area contributed by atoms with Crippen LogP contribution in [-0.4, -0.2) is 5.91 Å². The lowest BCUT2D eigenvalue weighted by Gasteiger charge is -2.04. The maximum absolute atomic E-state index is 12.8. The van der Waals surface area contributed by atoms with Crippen molar-refractivity contribution in [3.63, 3.8) is 0 Å². The fourth-order valence-corrected chi connectivity index (χ4v) is 1.87. The summed E-state index contributed by atoms with van der Waals surface area (Å²) < 4.78 is 13.7. The Morgan fingerprint density at radius 2 is 1.76 bits per heavy atom. The van der Waals surface area contributed by atoms with Gasteiger partial charge in [-0.15, -0.1) is 0 Å². The maximum Gasteiger partial charge on any atom is 0.266 e. The number of rotatable bonds is 3. The smallest absolute Gasteiger partial charge is 0.266 e. The molecule has 2 aromatic rings. The Labute approximate surface area is 129 Å². The summed E-state index contributed by atoms with van der Waals surface area (Å²) in [5, 5.41) is 11.6. The fourth-order valence-electron chi connectivity index (χ4n) is 1.61. The molecule has 0 saturated carbocycles. The molecule has 0 spiro atoms. The van der Waals surface area contributed by atoms with Gasteiger partial charge in [-0.2, -0.15) is 5.26 Å². The standard InChI is InChI=1S/C16H10BrFN2O/c17-13-3-1-11(2-4-13)9-12(10-19)16(21)20-15-7-5-14(18)6-8-15/h1-9H,(H,20,21)/b12-9-. The summed E-state index contributed by atoms with van der Waals surface area (Å²) >= 11 is 3.31. The largest absolute Gasteiger partial charge is 0.321 e. The molecule has 0 saturated heterocycles. The van der Waals surface area contributed by atoms with Gasteiger partial charge in [-0.05, 0) is 48.0 Å². The summed E-state index contributed by atoms with van der Waals surface area (Å²) in [7, 11) is 0. The van der Waals surface area contributed by atoms with E-state index in [9.17, 15) is 9.18 Å². The molecule has 1 amide bonds. The maximum atomic E-state index is 12.8. The van der Waals surface area contributed by atoms with Crippen molar-refractivity contribution in [2.24, 2.45) is 0 Å². The van der Waals surface area contributed by atoms with E-state index < -0.39 is 5.91 Å². The van der Waals surface area contributed by atoms with Gasteiger partial charge in [-0.1, -0.05) is 28.1 Å². The lowest BCUT2D eigenvalue weighted by atomic mass is 10.1. The SMILES string of the molecule is N#C/C(=C/c1ccc(Br)cc1)C(=O)Nc1ccc(F)cc1. The van der Waals surface area contributed by atoms with Crippen molar-refractivity contribution in [1.29, 1.82) is 5.26 Å². The molecule has 2 rings (SSSR count). The second-order valence-corrected chi connectivity index (χ2v) is 5.10. The number of nitrogens with one attached hydrogen (secondary N) is 1. The molecule has 5 heteroatoms. The van der Waals surface area contributed by atoms with E-state index in [1.54, 1.807) is 12.1 Å². The number of carbonyl (C=O) groups is 1. The molecule has 0 aromatic heterocycles. The van der Waals surface area contributed by atoms with Crippen molar-refractivity contribution in [3.05, 3.63) is 70.0 Å². The zero-order valence-electron chi connectivity index (χ0n) is 10.8. The third kappa shape index (κ3) is 4.26. The van der Waals surface area contributed by atoms with Crippen molar-refractivity contribution in [2.45, 2.75) is 0 Å². The van der Waals surface area contributed by atoms with Gasteiger partial charge in [0.25, 0.3) is 5.91 Å². The van der Waals surface area contributed by atoms with E-state index in [1.165, 1.54) is 30.3 Å². The molecule has 0 atom stereocenters. The quantitative estimate of drug-likeness (QED) is 0.672. The molecule has 21 heavy (non-hydrogen) atoms. The van der Waals surface area contributed by atoms with Gasteiger partial charge < -0.3 is 5.32 Å². The van der Waals surface area contributed by atoms with Gasteiger partial charge in [-0.25, -0.2) is 4.39 Å². The van der Waals surface area contributed by atoms with Crippen LogP contribution in [-0.2, 0) is 4.79 Å². The Morgan fingerprint density at radius 3 is 2.33 bits per heavy atom. The highest BCUT2D eigenvalue weighted by atomic mass is 79.9. The third-order valence-corrected chi connectivity index (χ3v) is 3.18. The van der Waals surface area contributed by atoms with Crippen molar-refractivity contribution >= 4 is 33.6 Å². The number of benzene rings is 2. The average Bonchev–Trinajstić information content (AvgIpc) is 2.49. The zero-order chi connectivity index (χ0) is 15.2.